The van der Waals surface area contributed by atoms with E-state index in [1.165, 1.54) is 5.56 Å². The standard InChI is InChI=1S/C14H23NO2/c1-10(2)13-12(16-5)8-7-11(9-15(3)4)14(13)17-6/h7-8,10H,9H2,1-6H3. The van der Waals surface area contributed by atoms with Crippen LogP contribution in [0.15, 0.2) is 12.1 Å². The maximum atomic E-state index is 5.57. The third-order valence-electron chi connectivity index (χ3n) is 2.73. The van der Waals surface area contributed by atoms with E-state index in [0.29, 0.717) is 5.92 Å². The van der Waals surface area contributed by atoms with E-state index in [1.54, 1.807) is 14.2 Å². The first-order chi connectivity index (χ1) is 8.01. The van der Waals surface area contributed by atoms with Crippen molar-refractivity contribution in [2.75, 3.05) is 28.3 Å². The minimum absolute atomic E-state index is 0.377. The molecule has 0 bridgehead atoms. The van der Waals surface area contributed by atoms with E-state index in [4.69, 9.17) is 9.47 Å². The van der Waals surface area contributed by atoms with E-state index < -0.39 is 0 Å². The quantitative estimate of drug-likeness (QED) is 0.786. The molecule has 1 aromatic carbocycles. The number of hydrogen-bond donors (Lipinski definition) is 0. The Kier molecular flexibility index (Phi) is 4.82. The van der Waals surface area contributed by atoms with Crippen molar-refractivity contribution < 1.29 is 9.47 Å². The second-order valence-corrected chi connectivity index (χ2v) is 4.77. The molecule has 3 nitrogen and oxygen atoms in total. The fraction of sp³-hybridized carbons (Fsp3) is 0.571. The molecule has 0 aliphatic heterocycles. The molecule has 0 fully saturated rings. The fourth-order valence-corrected chi connectivity index (χ4v) is 2.06. The maximum absolute atomic E-state index is 5.57. The number of ether oxygens (including phenoxy) is 2. The number of methoxy groups -OCH3 is 2. The summed E-state index contributed by atoms with van der Waals surface area (Å²) in [5.41, 5.74) is 2.34. The molecule has 0 saturated carbocycles. The van der Waals surface area contributed by atoms with Crippen LogP contribution in [0.5, 0.6) is 11.5 Å². The second kappa shape index (κ2) is 5.92. The average Bonchev–Trinajstić information content (AvgIpc) is 2.27. The SMILES string of the molecule is COc1ccc(CN(C)C)c(OC)c1C(C)C. The van der Waals surface area contributed by atoms with Gasteiger partial charge in [-0.05, 0) is 26.1 Å². The van der Waals surface area contributed by atoms with Gasteiger partial charge in [-0.2, -0.15) is 0 Å². The van der Waals surface area contributed by atoms with Gasteiger partial charge in [0.15, 0.2) is 0 Å². The highest BCUT2D eigenvalue weighted by Gasteiger charge is 2.17. The Balaban J connectivity index is 3.30. The molecule has 1 aromatic rings. The van der Waals surface area contributed by atoms with Crippen molar-refractivity contribution in [1.29, 1.82) is 0 Å². The Morgan fingerprint density at radius 3 is 2.18 bits per heavy atom. The normalized spacial score (nSPS) is 11.1. The van der Waals surface area contributed by atoms with Gasteiger partial charge in [0.25, 0.3) is 0 Å². The first-order valence-electron chi connectivity index (χ1n) is 5.89. The topological polar surface area (TPSA) is 21.7 Å². The van der Waals surface area contributed by atoms with Crippen LogP contribution in [-0.2, 0) is 6.54 Å². The van der Waals surface area contributed by atoms with Gasteiger partial charge in [0.2, 0.25) is 0 Å². The van der Waals surface area contributed by atoms with Gasteiger partial charge in [-0.1, -0.05) is 19.9 Å². The third-order valence-corrected chi connectivity index (χ3v) is 2.73. The zero-order valence-corrected chi connectivity index (χ0v) is 11.7. The lowest BCUT2D eigenvalue weighted by Crippen LogP contribution is -2.13. The largest absolute Gasteiger partial charge is 0.496 e. The first kappa shape index (κ1) is 13.8. The smallest absolute Gasteiger partial charge is 0.130 e. The maximum Gasteiger partial charge on any atom is 0.130 e. The van der Waals surface area contributed by atoms with Crippen molar-refractivity contribution in [2.24, 2.45) is 0 Å². The molecule has 0 heterocycles. The van der Waals surface area contributed by atoms with E-state index in [2.05, 4.69) is 38.9 Å². The van der Waals surface area contributed by atoms with Crippen LogP contribution in [0.4, 0.5) is 0 Å². The molecule has 0 saturated heterocycles. The monoisotopic (exact) mass is 237 g/mol. The van der Waals surface area contributed by atoms with Crippen LogP contribution in [0, 0.1) is 0 Å². The molecule has 0 amide bonds. The van der Waals surface area contributed by atoms with Gasteiger partial charge in [-0.25, -0.2) is 0 Å². The van der Waals surface area contributed by atoms with Crippen LogP contribution in [0.1, 0.15) is 30.9 Å². The minimum atomic E-state index is 0.377. The van der Waals surface area contributed by atoms with Crippen LogP contribution in [0.3, 0.4) is 0 Å². The lowest BCUT2D eigenvalue weighted by atomic mass is 9.97. The molecule has 3 heteroatoms. The third kappa shape index (κ3) is 3.13. The molecule has 17 heavy (non-hydrogen) atoms. The molecule has 0 aromatic heterocycles. The van der Waals surface area contributed by atoms with Crippen molar-refractivity contribution in [3.63, 3.8) is 0 Å². The summed E-state index contributed by atoms with van der Waals surface area (Å²) in [5, 5.41) is 0. The van der Waals surface area contributed by atoms with Crippen LogP contribution in [0.25, 0.3) is 0 Å². The summed E-state index contributed by atoms with van der Waals surface area (Å²) in [6.45, 7) is 5.17. The van der Waals surface area contributed by atoms with Gasteiger partial charge in [0.05, 0.1) is 14.2 Å². The molecule has 0 aliphatic carbocycles. The van der Waals surface area contributed by atoms with Gasteiger partial charge < -0.3 is 14.4 Å². The zero-order valence-electron chi connectivity index (χ0n) is 11.7. The van der Waals surface area contributed by atoms with Gasteiger partial charge in [0.1, 0.15) is 11.5 Å². The van der Waals surface area contributed by atoms with Crippen molar-refractivity contribution in [2.45, 2.75) is 26.3 Å². The molecule has 96 valence electrons. The number of rotatable bonds is 5. The number of benzene rings is 1. The Morgan fingerprint density at radius 1 is 1.12 bits per heavy atom. The number of nitrogens with zero attached hydrogens (tertiary/aromatic N) is 1. The summed E-state index contributed by atoms with van der Waals surface area (Å²) in [6, 6.07) is 4.10. The van der Waals surface area contributed by atoms with Crippen LogP contribution in [-0.4, -0.2) is 33.2 Å². The van der Waals surface area contributed by atoms with Crippen molar-refractivity contribution in [1.82, 2.24) is 4.90 Å². The van der Waals surface area contributed by atoms with Crippen molar-refractivity contribution in [3.05, 3.63) is 23.3 Å². The predicted octanol–water partition coefficient (Wildman–Crippen LogP) is 2.89. The van der Waals surface area contributed by atoms with Crippen LogP contribution in [0.2, 0.25) is 0 Å². The lowest BCUT2D eigenvalue weighted by Gasteiger charge is -2.20. The van der Waals surface area contributed by atoms with Crippen molar-refractivity contribution >= 4 is 0 Å². The zero-order chi connectivity index (χ0) is 13.0. The summed E-state index contributed by atoms with van der Waals surface area (Å²) in [7, 11) is 7.53. The fourth-order valence-electron chi connectivity index (χ4n) is 2.06. The summed E-state index contributed by atoms with van der Waals surface area (Å²) < 4.78 is 11.0. The molecular formula is C14H23NO2. The Morgan fingerprint density at radius 2 is 1.76 bits per heavy atom. The molecule has 0 spiro atoms. The van der Waals surface area contributed by atoms with Gasteiger partial charge in [-0.15, -0.1) is 0 Å². The molecule has 0 aliphatic rings. The summed E-state index contributed by atoms with van der Waals surface area (Å²) in [5.74, 6) is 2.23. The minimum Gasteiger partial charge on any atom is -0.496 e. The molecular weight excluding hydrogens is 214 g/mol. The van der Waals surface area contributed by atoms with Gasteiger partial charge >= 0.3 is 0 Å². The Labute approximate surface area is 104 Å². The van der Waals surface area contributed by atoms with Crippen LogP contribution < -0.4 is 9.47 Å². The molecule has 0 N–H and O–H groups in total. The van der Waals surface area contributed by atoms with E-state index >= 15 is 0 Å². The Hall–Kier alpha value is -1.22. The lowest BCUT2D eigenvalue weighted by molar-refractivity contribution is 0.358. The highest BCUT2D eigenvalue weighted by Crippen LogP contribution is 2.37. The van der Waals surface area contributed by atoms with Crippen molar-refractivity contribution in [3.8, 4) is 11.5 Å². The molecule has 0 radical (unpaired) electrons. The van der Waals surface area contributed by atoms with E-state index in [1.807, 2.05) is 6.07 Å². The average molecular weight is 237 g/mol. The van der Waals surface area contributed by atoms with Gasteiger partial charge in [0, 0.05) is 17.7 Å². The predicted molar refractivity (Wildman–Crippen MR) is 71.0 cm³/mol. The highest BCUT2D eigenvalue weighted by molar-refractivity contribution is 5.51. The summed E-state index contributed by atoms with van der Waals surface area (Å²) in [6.07, 6.45) is 0. The second-order valence-electron chi connectivity index (χ2n) is 4.77. The summed E-state index contributed by atoms with van der Waals surface area (Å²) >= 11 is 0. The van der Waals surface area contributed by atoms with E-state index in [9.17, 15) is 0 Å². The molecule has 1 rings (SSSR count). The van der Waals surface area contributed by atoms with E-state index in [0.717, 1.165) is 23.6 Å². The summed E-state index contributed by atoms with van der Waals surface area (Å²) in [4.78, 5) is 2.13. The molecule has 0 atom stereocenters. The molecule has 0 unspecified atom stereocenters. The van der Waals surface area contributed by atoms with E-state index in [-0.39, 0.29) is 0 Å². The number of hydrogen-bond acceptors (Lipinski definition) is 3. The highest BCUT2D eigenvalue weighted by atomic mass is 16.5. The first-order valence-corrected chi connectivity index (χ1v) is 5.89. The van der Waals surface area contributed by atoms with Crippen LogP contribution >= 0.6 is 0 Å². The Bertz CT molecular complexity index is 373. The van der Waals surface area contributed by atoms with Gasteiger partial charge in [-0.3, -0.25) is 0 Å².